The SMILES string of the molecule is CC(CC(=O)O)S(=O)(=O)c1cc(Cl)ccc1Cl. The Morgan fingerprint density at radius 1 is 1.41 bits per heavy atom. The second-order valence-corrected chi connectivity index (χ2v) is 6.71. The zero-order valence-electron chi connectivity index (χ0n) is 8.85. The van der Waals surface area contributed by atoms with Crippen molar-refractivity contribution in [1.82, 2.24) is 0 Å². The molecule has 0 fully saturated rings. The molecule has 7 heteroatoms. The number of halogens is 2. The van der Waals surface area contributed by atoms with Crippen LogP contribution in [0.2, 0.25) is 10.0 Å². The number of hydrogen-bond acceptors (Lipinski definition) is 3. The summed E-state index contributed by atoms with van der Waals surface area (Å²) >= 11 is 11.5. The van der Waals surface area contributed by atoms with E-state index in [-0.39, 0.29) is 14.9 Å². The number of sulfone groups is 1. The average Bonchev–Trinajstić information content (AvgIpc) is 2.20. The number of carboxylic acid groups (broad SMARTS) is 1. The Labute approximate surface area is 109 Å². The third-order valence-electron chi connectivity index (χ3n) is 2.19. The molecule has 0 bridgehead atoms. The largest absolute Gasteiger partial charge is 0.481 e. The molecule has 17 heavy (non-hydrogen) atoms. The Bertz CT molecular complexity index is 539. The molecule has 0 aliphatic carbocycles. The lowest BCUT2D eigenvalue weighted by Crippen LogP contribution is -2.21. The summed E-state index contributed by atoms with van der Waals surface area (Å²) < 4.78 is 24.1. The lowest BCUT2D eigenvalue weighted by molar-refractivity contribution is -0.136. The van der Waals surface area contributed by atoms with E-state index in [4.69, 9.17) is 28.3 Å². The molecule has 0 amide bonds. The van der Waals surface area contributed by atoms with Gasteiger partial charge >= 0.3 is 5.97 Å². The number of benzene rings is 1. The van der Waals surface area contributed by atoms with Crippen molar-refractivity contribution >= 4 is 39.0 Å². The van der Waals surface area contributed by atoms with Crippen LogP contribution in [0.15, 0.2) is 23.1 Å². The van der Waals surface area contributed by atoms with Crippen molar-refractivity contribution in [2.45, 2.75) is 23.5 Å². The van der Waals surface area contributed by atoms with Crippen LogP contribution in [0.5, 0.6) is 0 Å². The van der Waals surface area contributed by atoms with Crippen LogP contribution >= 0.6 is 23.2 Å². The van der Waals surface area contributed by atoms with Gasteiger partial charge in [-0.05, 0) is 25.1 Å². The van der Waals surface area contributed by atoms with Crippen LogP contribution in [-0.2, 0) is 14.6 Å². The Hall–Kier alpha value is -0.780. The fraction of sp³-hybridized carbons (Fsp3) is 0.300. The highest BCUT2D eigenvalue weighted by molar-refractivity contribution is 7.92. The summed E-state index contributed by atoms with van der Waals surface area (Å²) in [4.78, 5) is 10.4. The van der Waals surface area contributed by atoms with Crippen molar-refractivity contribution in [3.63, 3.8) is 0 Å². The molecule has 1 rings (SSSR count). The van der Waals surface area contributed by atoms with Crippen molar-refractivity contribution < 1.29 is 18.3 Å². The summed E-state index contributed by atoms with van der Waals surface area (Å²) in [5.41, 5.74) is 0. The molecule has 0 spiro atoms. The molecule has 4 nitrogen and oxygen atoms in total. The molecule has 1 aromatic rings. The summed E-state index contributed by atoms with van der Waals surface area (Å²) in [6, 6.07) is 4.05. The molecule has 1 N–H and O–H groups in total. The first-order chi connectivity index (χ1) is 7.75. The normalized spacial score (nSPS) is 13.4. The first-order valence-electron chi connectivity index (χ1n) is 4.66. The first-order valence-corrected chi connectivity index (χ1v) is 6.96. The molecule has 0 aliphatic rings. The van der Waals surface area contributed by atoms with E-state index >= 15 is 0 Å². The predicted octanol–water partition coefficient (Wildman–Crippen LogP) is 2.63. The second kappa shape index (κ2) is 5.25. The Balaban J connectivity index is 3.21. The highest BCUT2D eigenvalue weighted by atomic mass is 35.5. The standard InChI is InChI=1S/C10H10Cl2O4S/c1-6(4-10(13)14)17(15,16)9-5-7(11)2-3-8(9)12/h2-3,5-6H,4H2,1H3,(H,13,14). The van der Waals surface area contributed by atoms with E-state index in [0.717, 1.165) is 0 Å². The van der Waals surface area contributed by atoms with E-state index in [2.05, 4.69) is 0 Å². The third kappa shape index (κ3) is 3.34. The number of aliphatic carboxylic acids is 1. The molecule has 0 radical (unpaired) electrons. The van der Waals surface area contributed by atoms with E-state index in [1.165, 1.54) is 25.1 Å². The van der Waals surface area contributed by atoms with Crippen LogP contribution < -0.4 is 0 Å². The van der Waals surface area contributed by atoms with Gasteiger partial charge in [0.2, 0.25) is 0 Å². The minimum atomic E-state index is -3.78. The quantitative estimate of drug-likeness (QED) is 0.927. The average molecular weight is 297 g/mol. The van der Waals surface area contributed by atoms with Crippen molar-refractivity contribution in [2.75, 3.05) is 0 Å². The van der Waals surface area contributed by atoms with Crippen LogP contribution in [-0.4, -0.2) is 24.7 Å². The summed E-state index contributed by atoms with van der Waals surface area (Å²) in [6.07, 6.45) is -0.481. The molecule has 94 valence electrons. The maximum absolute atomic E-state index is 12.0. The fourth-order valence-electron chi connectivity index (χ4n) is 1.27. The van der Waals surface area contributed by atoms with E-state index in [1.807, 2.05) is 0 Å². The van der Waals surface area contributed by atoms with Crippen molar-refractivity contribution in [2.24, 2.45) is 0 Å². The minimum absolute atomic E-state index is 0.0339. The van der Waals surface area contributed by atoms with Gasteiger partial charge in [0, 0.05) is 5.02 Å². The van der Waals surface area contributed by atoms with Crippen molar-refractivity contribution in [3.8, 4) is 0 Å². The van der Waals surface area contributed by atoms with Crippen molar-refractivity contribution in [1.29, 1.82) is 0 Å². The van der Waals surface area contributed by atoms with Gasteiger partial charge in [-0.3, -0.25) is 4.79 Å². The van der Waals surface area contributed by atoms with E-state index in [1.54, 1.807) is 0 Å². The molecular weight excluding hydrogens is 287 g/mol. The monoisotopic (exact) mass is 296 g/mol. The Morgan fingerprint density at radius 2 is 2.00 bits per heavy atom. The van der Waals surface area contributed by atoms with Gasteiger partial charge in [0.15, 0.2) is 9.84 Å². The maximum atomic E-state index is 12.0. The first kappa shape index (κ1) is 14.3. The van der Waals surface area contributed by atoms with E-state index in [9.17, 15) is 13.2 Å². The van der Waals surface area contributed by atoms with E-state index < -0.39 is 27.5 Å². The van der Waals surface area contributed by atoms with Gasteiger partial charge in [0.25, 0.3) is 0 Å². The zero-order valence-corrected chi connectivity index (χ0v) is 11.2. The summed E-state index contributed by atoms with van der Waals surface area (Å²) in [7, 11) is -3.78. The minimum Gasteiger partial charge on any atom is -0.481 e. The van der Waals surface area contributed by atoms with Gasteiger partial charge in [0.05, 0.1) is 21.6 Å². The van der Waals surface area contributed by atoms with Gasteiger partial charge in [-0.2, -0.15) is 0 Å². The summed E-state index contributed by atoms with van der Waals surface area (Å²) in [5, 5.41) is 7.80. The fourth-order valence-corrected chi connectivity index (χ4v) is 3.37. The highest BCUT2D eigenvalue weighted by Crippen LogP contribution is 2.28. The molecule has 0 aromatic heterocycles. The number of rotatable bonds is 4. The number of carboxylic acids is 1. The van der Waals surface area contributed by atoms with Gasteiger partial charge in [-0.15, -0.1) is 0 Å². The van der Waals surface area contributed by atoms with Crippen LogP contribution in [0, 0.1) is 0 Å². The second-order valence-electron chi connectivity index (χ2n) is 3.53. The topological polar surface area (TPSA) is 71.4 Å². The molecule has 0 saturated carbocycles. The Kier molecular flexibility index (Phi) is 4.41. The summed E-state index contributed by atoms with van der Waals surface area (Å²) in [5.74, 6) is -1.18. The smallest absolute Gasteiger partial charge is 0.304 e. The van der Waals surface area contributed by atoms with Crippen LogP contribution in [0.25, 0.3) is 0 Å². The van der Waals surface area contributed by atoms with Crippen LogP contribution in [0.1, 0.15) is 13.3 Å². The number of carbonyl (C=O) groups is 1. The molecule has 0 aliphatic heterocycles. The summed E-state index contributed by atoms with van der Waals surface area (Å²) in [6.45, 7) is 1.32. The van der Waals surface area contributed by atoms with Gasteiger partial charge in [-0.1, -0.05) is 23.2 Å². The van der Waals surface area contributed by atoms with Crippen LogP contribution in [0.4, 0.5) is 0 Å². The Morgan fingerprint density at radius 3 is 2.53 bits per heavy atom. The van der Waals surface area contributed by atoms with Gasteiger partial charge in [0.1, 0.15) is 0 Å². The lowest BCUT2D eigenvalue weighted by atomic mass is 10.3. The maximum Gasteiger partial charge on any atom is 0.304 e. The van der Waals surface area contributed by atoms with Gasteiger partial charge < -0.3 is 5.11 Å². The lowest BCUT2D eigenvalue weighted by Gasteiger charge is -2.12. The number of hydrogen-bond donors (Lipinski definition) is 1. The molecular formula is C10H10Cl2O4S. The molecule has 1 unspecified atom stereocenters. The highest BCUT2D eigenvalue weighted by Gasteiger charge is 2.27. The molecule has 1 atom stereocenters. The molecule has 0 heterocycles. The predicted molar refractivity (Wildman–Crippen MR) is 65.4 cm³/mol. The van der Waals surface area contributed by atoms with Crippen molar-refractivity contribution in [3.05, 3.63) is 28.2 Å². The molecule has 1 aromatic carbocycles. The van der Waals surface area contributed by atoms with Gasteiger partial charge in [-0.25, -0.2) is 8.42 Å². The third-order valence-corrected chi connectivity index (χ3v) is 5.05. The molecule has 0 saturated heterocycles. The zero-order chi connectivity index (χ0) is 13.2. The van der Waals surface area contributed by atoms with E-state index in [0.29, 0.717) is 0 Å². The van der Waals surface area contributed by atoms with Crippen LogP contribution in [0.3, 0.4) is 0 Å².